The van der Waals surface area contributed by atoms with Crippen molar-refractivity contribution >= 4 is 33.3 Å². The van der Waals surface area contributed by atoms with Gasteiger partial charge in [-0.3, -0.25) is 9.69 Å². The van der Waals surface area contributed by atoms with Gasteiger partial charge in [0.25, 0.3) is 0 Å². The monoisotopic (exact) mass is 269 g/mol. The van der Waals surface area contributed by atoms with E-state index in [1.54, 1.807) is 11.0 Å². The second kappa shape index (κ2) is 3.81. The van der Waals surface area contributed by atoms with E-state index >= 15 is 0 Å². The van der Waals surface area contributed by atoms with Crippen molar-refractivity contribution in [3.05, 3.63) is 17.8 Å². The number of nitrogen functional groups attached to an aromatic ring is 1. The van der Waals surface area contributed by atoms with Crippen LogP contribution >= 0.6 is 15.9 Å². The van der Waals surface area contributed by atoms with E-state index in [-0.39, 0.29) is 10.7 Å². The molecule has 5 heteroatoms. The molecule has 2 N–H and O–H groups in total. The first kappa shape index (κ1) is 10.4. The van der Waals surface area contributed by atoms with E-state index in [9.17, 15) is 4.79 Å². The summed E-state index contributed by atoms with van der Waals surface area (Å²) in [6.07, 6.45) is 0.509. The van der Waals surface area contributed by atoms with Gasteiger partial charge in [-0.15, -0.1) is 0 Å². The molecular weight excluding hydrogens is 258 g/mol. The summed E-state index contributed by atoms with van der Waals surface area (Å²) in [6, 6.07) is 3.62. The van der Waals surface area contributed by atoms with Gasteiger partial charge in [-0.25, -0.2) is 4.98 Å². The van der Waals surface area contributed by atoms with E-state index in [2.05, 4.69) is 20.9 Å². The lowest BCUT2D eigenvalue weighted by molar-refractivity contribution is -0.117. The van der Waals surface area contributed by atoms with Crippen LogP contribution in [0.2, 0.25) is 0 Å². The zero-order valence-corrected chi connectivity index (χ0v) is 9.99. The van der Waals surface area contributed by atoms with Gasteiger partial charge in [-0.1, -0.05) is 15.9 Å². The summed E-state index contributed by atoms with van der Waals surface area (Å²) in [5, 5.41) is 0. The maximum absolute atomic E-state index is 11.6. The molecule has 4 nitrogen and oxygen atoms in total. The third-order valence-electron chi connectivity index (χ3n) is 2.38. The molecule has 1 amide bonds. The Balaban J connectivity index is 2.37. The number of aromatic nitrogens is 1. The highest BCUT2D eigenvalue weighted by Crippen LogP contribution is 2.27. The van der Waals surface area contributed by atoms with E-state index in [1.807, 2.05) is 13.0 Å². The minimum absolute atomic E-state index is 0.0710. The minimum Gasteiger partial charge on any atom is -0.396 e. The smallest absolute Gasteiger partial charge is 0.229 e. The third kappa shape index (κ3) is 1.97. The van der Waals surface area contributed by atoms with Crippen LogP contribution < -0.4 is 10.6 Å². The normalized spacial score (nSPS) is 21.1. The molecule has 0 saturated carbocycles. The van der Waals surface area contributed by atoms with E-state index < -0.39 is 0 Å². The molecule has 1 saturated heterocycles. The van der Waals surface area contributed by atoms with E-state index in [4.69, 9.17) is 5.73 Å². The molecule has 1 aromatic heterocycles. The van der Waals surface area contributed by atoms with Crippen molar-refractivity contribution in [1.82, 2.24) is 4.98 Å². The molecule has 0 radical (unpaired) electrons. The van der Waals surface area contributed by atoms with E-state index in [1.165, 1.54) is 0 Å². The predicted octanol–water partition coefficient (Wildman–Crippen LogP) is 1.47. The molecule has 1 aromatic rings. The fourth-order valence-electron chi connectivity index (χ4n) is 1.64. The highest BCUT2D eigenvalue weighted by molar-refractivity contribution is 9.09. The van der Waals surface area contributed by atoms with Gasteiger partial charge in [0.05, 0.1) is 5.69 Å². The molecule has 15 heavy (non-hydrogen) atoms. The highest BCUT2D eigenvalue weighted by atomic mass is 79.9. The lowest BCUT2D eigenvalue weighted by Crippen LogP contribution is -2.26. The number of hydrogen-bond donors (Lipinski definition) is 1. The summed E-state index contributed by atoms with van der Waals surface area (Å²) in [7, 11) is 0. The Morgan fingerprint density at radius 1 is 1.60 bits per heavy atom. The average molecular weight is 270 g/mol. The topological polar surface area (TPSA) is 59.2 Å². The number of halogens is 1. The van der Waals surface area contributed by atoms with Gasteiger partial charge >= 0.3 is 0 Å². The fourth-order valence-corrected chi connectivity index (χ4v) is 2.21. The lowest BCUT2D eigenvalue weighted by atomic mass is 10.3. The van der Waals surface area contributed by atoms with Gasteiger partial charge in [0.1, 0.15) is 0 Å². The number of carbonyl (C=O) groups excluding carboxylic acids is 1. The van der Waals surface area contributed by atoms with Crippen molar-refractivity contribution in [2.45, 2.75) is 18.2 Å². The van der Waals surface area contributed by atoms with Crippen LogP contribution in [0.15, 0.2) is 12.1 Å². The van der Waals surface area contributed by atoms with Crippen LogP contribution in [0, 0.1) is 6.92 Å². The van der Waals surface area contributed by atoms with Crippen molar-refractivity contribution in [3.8, 4) is 0 Å². The summed E-state index contributed by atoms with van der Waals surface area (Å²) in [5.41, 5.74) is 7.22. The largest absolute Gasteiger partial charge is 0.396 e. The molecule has 0 aromatic carbocycles. The number of nitrogens with two attached hydrogens (primary N) is 1. The first-order valence-corrected chi connectivity index (χ1v) is 5.67. The van der Waals surface area contributed by atoms with Crippen molar-refractivity contribution < 1.29 is 4.79 Å². The van der Waals surface area contributed by atoms with Gasteiger partial charge in [0, 0.05) is 23.5 Å². The molecule has 2 heterocycles. The molecule has 1 aliphatic rings. The molecule has 1 unspecified atom stereocenters. The summed E-state index contributed by atoms with van der Waals surface area (Å²) < 4.78 is 0. The molecule has 0 bridgehead atoms. The highest BCUT2D eigenvalue weighted by Gasteiger charge is 2.30. The average Bonchev–Trinajstić information content (AvgIpc) is 2.50. The maximum Gasteiger partial charge on any atom is 0.229 e. The van der Waals surface area contributed by atoms with E-state index in [0.717, 1.165) is 5.69 Å². The standard InChI is InChI=1S/C10H12BrN3O/c1-6-2-3-8(12)10(13-6)14-5-7(11)4-9(14)15/h2-3,7H,4-5,12H2,1H3. The summed E-state index contributed by atoms with van der Waals surface area (Å²) in [5.74, 6) is 0.656. The molecule has 1 aliphatic heterocycles. The van der Waals surface area contributed by atoms with Crippen molar-refractivity contribution in [3.63, 3.8) is 0 Å². The molecule has 0 spiro atoms. The van der Waals surface area contributed by atoms with Crippen LogP contribution in [0.3, 0.4) is 0 Å². The minimum atomic E-state index is 0.0710. The van der Waals surface area contributed by atoms with Gasteiger partial charge in [-0.05, 0) is 19.1 Å². The third-order valence-corrected chi connectivity index (χ3v) is 2.99. The molecule has 80 valence electrons. The first-order valence-electron chi connectivity index (χ1n) is 4.75. The van der Waals surface area contributed by atoms with Gasteiger partial charge < -0.3 is 5.73 Å². The Kier molecular flexibility index (Phi) is 2.65. The van der Waals surface area contributed by atoms with Crippen LogP contribution in [-0.4, -0.2) is 22.3 Å². The Labute approximate surface area is 96.6 Å². The van der Waals surface area contributed by atoms with E-state index in [0.29, 0.717) is 24.5 Å². The quantitative estimate of drug-likeness (QED) is 0.786. The number of alkyl halides is 1. The molecule has 1 fully saturated rings. The Bertz CT molecular complexity index is 408. The molecule has 0 aliphatic carbocycles. The first-order chi connectivity index (χ1) is 7.08. The molecule has 1 atom stereocenters. The molecule has 2 rings (SSSR count). The van der Waals surface area contributed by atoms with Crippen LogP contribution in [0.1, 0.15) is 12.1 Å². The number of carbonyl (C=O) groups is 1. The molecular formula is C10H12BrN3O. The summed E-state index contributed by atoms with van der Waals surface area (Å²) >= 11 is 3.43. The second-order valence-electron chi connectivity index (χ2n) is 3.67. The number of aryl methyl sites for hydroxylation is 1. The zero-order valence-electron chi connectivity index (χ0n) is 8.40. The van der Waals surface area contributed by atoms with Crippen LogP contribution in [0.5, 0.6) is 0 Å². The van der Waals surface area contributed by atoms with Gasteiger partial charge in [-0.2, -0.15) is 0 Å². The second-order valence-corrected chi connectivity index (χ2v) is 4.97. The number of anilines is 2. The number of hydrogen-bond acceptors (Lipinski definition) is 3. The zero-order chi connectivity index (χ0) is 11.0. The Morgan fingerprint density at radius 3 is 2.93 bits per heavy atom. The predicted molar refractivity (Wildman–Crippen MR) is 63.1 cm³/mol. The number of rotatable bonds is 1. The van der Waals surface area contributed by atoms with Crippen LogP contribution in [-0.2, 0) is 4.79 Å². The van der Waals surface area contributed by atoms with Crippen LogP contribution in [0.25, 0.3) is 0 Å². The lowest BCUT2D eigenvalue weighted by Gasteiger charge is -2.17. The SMILES string of the molecule is Cc1ccc(N)c(N2CC(Br)CC2=O)n1. The maximum atomic E-state index is 11.6. The Morgan fingerprint density at radius 2 is 2.33 bits per heavy atom. The van der Waals surface area contributed by atoms with Crippen molar-refractivity contribution in [2.75, 3.05) is 17.2 Å². The number of nitrogens with zero attached hydrogens (tertiary/aromatic N) is 2. The van der Waals surface area contributed by atoms with Crippen LogP contribution in [0.4, 0.5) is 11.5 Å². The summed E-state index contributed by atoms with van der Waals surface area (Å²) in [4.78, 5) is 17.8. The number of pyridine rings is 1. The van der Waals surface area contributed by atoms with Gasteiger partial charge in [0.2, 0.25) is 5.91 Å². The fraction of sp³-hybridized carbons (Fsp3) is 0.400. The van der Waals surface area contributed by atoms with Crippen molar-refractivity contribution in [2.24, 2.45) is 0 Å². The summed E-state index contributed by atoms with van der Waals surface area (Å²) in [6.45, 7) is 2.52. The Hall–Kier alpha value is -1.10. The van der Waals surface area contributed by atoms with Gasteiger partial charge in [0.15, 0.2) is 5.82 Å². The number of amides is 1. The van der Waals surface area contributed by atoms with Crippen molar-refractivity contribution in [1.29, 1.82) is 0 Å².